The number of hydrogen-bond acceptors (Lipinski definition) is 3. The number of hydrogen-bond donors (Lipinski definition) is 2. The number of benzene rings is 1. The lowest BCUT2D eigenvalue weighted by molar-refractivity contribution is 0.216. The topological polar surface area (TPSA) is 49.5 Å². The summed E-state index contributed by atoms with van der Waals surface area (Å²) in [7, 11) is 1.75. The molecule has 5 heteroatoms. The van der Waals surface area contributed by atoms with Crippen LogP contribution < -0.4 is 10.6 Å². The maximum absolute atomic E-state index is 13.3. The Balaban J connectivity index is 3.19. The van der Waals surface area contributed by atoms with Gasteiger partial charge in [-0.15, -0.1) is 0 Å². The maximum atomic E-state index is 13.3. The molecule has 3 nitrogen and oxygen atoms in total. The van der Waals surface area contributed by atoms with E-state index in [0.29, 0.717) is 11.4 Å². The van der Waals surface area contributed by atoms with E-state index < -0.39 is 11.4 Å². The number of halogens is 2. The van der Waals surface area contributed by atoms with Gasteiger partial charge < -0.3 is 15.7 Å². The van der Waals surface area contributed by atoms with Crippen LogP contribution in [0.25, 0.3) is 0 Å². The van der Waals surface area contributed by atoms with E-state index in [4.69, 9.17) is 17.3 Å². The summed E-state index contributed by atoms with van der Waals surface area (Å²) in [6.45, 7) is 3.60. The van der Waals surface area contributed by atoms with E-state index in [0.717, 1.165) is 0 Å². The third kappa shape index (κ3) is 2.39. The minimum atomic E-state index is -0.522. The van der Waals surface area contributed by atoms with Gasteiger partial charge in [-0.25, -0.2) is 4.39 Å². The molecule has 0 aromatic heterocycles. The molecule has 0 radical (unpaired) electrons. The third-order valence-electron chi connectivity index (χ3n) is 2.73. The summed E-state index contributed by atoms with van der Waals surface area (Å²) in [4.78, 5) is 1.72. The van der Waals surface area contributed by atoms with Crippen LogP contribution in [0.1, 0.15) is 13.8 Å². The van der Waals surface area contributed by atoms with Crippen molar-refractivity contribution in [1.29, 1.82) is 0 Å². The molecule has 0 fully saturated rings. The van der Waals surface area contributed by atoms with E-state index in [1.165, 1.54) is 12.1 Å². The van der Waals surface area contributed by atoms with Crippen molar-refractivity contribution in [3.8, 4) is 0 Å². The van der Waals surface area contributed by atoms with E-state index in [2.05, 4.69) is 0 Å². The first-order chi connectivity index (χ1) is 7.29. The smallest absolute Gasteiger partial charge is 0.144 e. The molecule has 1 aromatic rings. The molecule has 0 aliphatic rings. The Kier molecular flexibility index (Phi) is 3.65. The molecule has 90 valence electrons. The van der Waals surface area contributed by atoms with Crippen LogP contribution in [0, 0.1) is 5.82 Å². The summed E-state index contributed by atoms with van der Waals surface area (Å²) >= 11 is 5.62. The zero-order valence-electron chi connectivity index (χ0n) is 9.59. The first kappa shape index (κ1) is 13.1. The Bertz CT molecular complexity index is 396. The average molecular weight is 247 g/mol. The maximum Gasteiger partial charge on any atom is 0.144 e. The van der Waals surface area contributed by atoms with Gasteiger partial charge in [0.2, 0.25) is 0 Å². The van der Waals surface area contributed by atoms with Gasteiger partial charge in [0.25, 0.3) is 0 Å². The van der Waals surface area contributed by atoms with Gasteiger partial charge >= 0.3 is 0 Å². The van der Waals surface area contributed by atoms with Crippen molar-refractivity contribution < 1.29 is 9.50 Å². The van der Waals surface area contributed by atoms with Crippen molar-refractivity contribution in [3.05, 3.63) is 23.0 Å². The normalized spacial score (nSPS) is 11.6. The molecule has 1 rings (SSSR count). The van der Waals surface area contributed by atoms with Gasteiger partial charge in [-0.3, -0.25) is 0 Å². The molecular weight excluding hydrogens is 231 g/mol. The largest absolute Gasteiger partial charge is 0.397 e. The molecular formula is C11H16ClFN2O. The van der Waals surface area contributed by atoms with Gasteiger partial charge in [0.1, 0.15) is 5.82 Å². The third-order valence-corrected chi connectivity index (χ3v) is 3.02. The lowest BCUT2D eigenvalue weighted by Gasteiger charge is -2.36. The number of nitrogen functional groups attached to an aromatic ring is 1. The van der Waals surface area contributed by atoms with Gasteiger partial charge in [0.05, 0.1) is 28.5 Å². The molecule has 0 unspecified atom stereocenters. The number of rotatable bonds is 3. The zero-order chi connectivity index (χ0) is 12.5. The molecule has 0 atom stereocenters. The lowest BCUT2D eigenvalue weighted by Crippen LogP contribution is -2.44. The van der Waals surface area contributed by atoms with Crippen LogP contribution in [-0.2, 0) is 0 Å². The van der Waals surface area contributed by atoms with E-state index in [1.807, 2.05) is 13.8 Å². The minimum absolute atomic E-state index is 0.00328. The summed E-state index contributed by atoms with van der Waals surface area (Å²) in [6.07, 6.45) is 0. The quantitative estimate of drug-likeness (QED) is 0.805. The van der Waals surface area contributed by atoms with E-state index in [-0.39, 0.29) is 11.6 Å². The molecule has 0 spiro atoms. The van der Waals surface area contributed by atoms with Gasteiger partial charge in [0, 0.05) is 13.1 Å². The van der Waals surface area contributed by atoms with Crippen molar-refractivity contribution in [2.75, 3.05) is 24.3 Å². The van der Waals surface area contributed by atoms with Gasteiger partial charge in [0.15, 0.2) is 0 Å². The monoisotopic (exact) mass is 246 g/mol. The highest BCUT2D eigenvalue weighted by atomic mass is 35.5. The van der Waals surface area contributed by atoms with Crippen LogP contribution in [0.5, 0.6) is 0 Å². The fourth-order valence-corrected chi connectivity index (χ4v) is 1.45. The van der Waals surface area contributed by atoms with Crippen molar-refractivity contribution in [2.24, 2.45) is 0 Å². The Morgan fingerprint density at radius 2 is 2.06 bits per heavy atom. The standard InChI is InChI=1S/C11H16ClFN2O/c1-11(2,6-16)15(3)10-5-8(13)7(12)4-9(10)14/h4-5,16H,6,14H2,1-3H3. The molecule has 0 aliphatic carbocycles. The average Bonchev–Trinajstić information content (AvgIpc) is 2.22. The van der Waals surface area contributed by atoms with Crippen LogP contribution >= 0.6 is 11.6 Å². The first-order valence-electron chi connectivity index (χ1n) is 4.89. The summed E-state index contributed by atoms with van der Waals surface area (Å²) < 4.78 is 13.3. The number of aliphatic hydroxyl groups is 1. The summed E-state index contributed by atoms with van der Waals surface area (Å²) in [6, 6.07) is 2.64. The Morgan fingerprint density at radius 1 is 1.50 bits per heavy atom. The lowest BCUT2D eigenvalue weighted by atomic mass is 10.0. The number of aliphatic hydroxyl groups excluding tert-OH is 1. The highest BCUT2D eigenvalue weighted by molar-refractivity contribution is 6.31. The molecule has 0 heterocycles. The van der Waals surface area contributed by atoms with Gasteiger partial charge in [-0.1, -0.05) is 11.6 Å². The first-order valence-corrected chi connectivity index (χ1v) is 5.26. The summed E-state index contributed by atoms with van der Waals surface area (Å²) in [5, 5.41) is 9.23. The Hall–Kier alpha value is -1.00. The minimum Gasteiger partial charge on any atom is -0.397 e. The van der Waals surface area contributed by atoms with Crippen LogP contribution in [0.4, 0.5) is 15.8 Å². The fourth-order valence-electron chi connectivity index (χ4n) is 1.27. The zero-order valence-corrected chi connectivity index (χ0v) is 10.3. The van der Waals surface area contributed by atoms with Crippen molar-refractivity contribution in [3.63, 3.8) is 0 Å². The van der Waals surface area contributed by atoms with Gasteiger partial charge in [-0.05, 0) is 19.9 Å². The molecule has 3 N–H and O–H groups in total. The Morgan fingerprint density at radius 3 is 2.56 bits per heavy atom. The van der Waals surface area contributed by atoms with Crippen molar-refractivity contribution in [1.82, 2.24) is 0 Å². The summed E-state index contributed by atoms with van der Waals surface area (Å²) in [5.41, 5.74) is 6.15. The second-order valence-corrected chi connectivity index (χ2v) is 4.76. The second-order valence-electron chi connectivity index (χ2n) is 4.35. The number of anilines is 2. The van der Waals surface area contributed by atoms with Crippen LogP contribution in [0.3, 0.4) is 0 Å². The van der Waals surface area contributed by atoms with E-state index in [9.17, 15) is 9.50 Å². The van der Waals surface area contributed by atoms with Crippen molar-refractivity contribution in [2.45, 2.75) is 19.4 Å². The molecule has 0 saturated heterocycles. The SMILES string of the molecule is CN(c1cc(F)c(Cl)cc1N)C(C)(C)CO. The Labute approximate surface area is 99.6 Å². The van der Waals surface area contributed by atoms with Gasteiger partial charge in [-0.2, -0.15) is 0 Å². The van der Waals surface area contributed by atoms with E-state index in [1.54, 1.807) is 11.9 Å². The van der Waals surface area contributed by atoms with Crippen LogP contribution in [0.15, 0.2) is 12.1 Å². The molecule has 1 aromatic carbocycles. The molecule has 0 aliphatic heterocycles. The van der Waals surface area contributed by atoms with Crippen LogP contribution in [-0.4, -0.2) is 24.3 Å². The van der Waals surface area contributed by atoms with Crippen LogP contribution in [0.2, 0.25) is 5.02 Å². The fraction of sp³-hybridized carbons (Fsp3) is 0.455. The summed E-state index contributed by atoms with van der Waals surface area (Å²) in [5.74, 6) is -0.522. The molecule has 0 amide bonds. The molecule has 16 heavy (non-hydrogen) atoms. The number of nitrogens with zero attached hydrogens (tertiary/aromatic N) is 1. The second kappa shape index (κ2) is 4.47. The predicted molar refractivity (Wildman–Crippen MR) is 65.4 cm³/mol. The van der Waals surface area contributed by atoms with E-state index >= 15 is 0 Å². The predicted octanol–water partition coefficient (Wildman–Crippen LogP) is 2.27. The van der Waals surface area contributed by atoms with Crippen molar-refractivity contribution >= 4 is 23.0 Å². The molecule has 0 bridgehead atoms. The highest BCUT2D eigenvalue weighted by Crippen LogP contribution is 2.32. The highest BCUT2D eigenvalue weighted by Gasteiger charge is 2.24. The number of likely N-dealkylation sites (N-methyl/N-ethyl adjacent to an activating group) is 1. The number of nitrogens with two attached hydrogens (primary N) is 1. The molecule has 0 saturated carbocycles.